The second-order valence-electron chi connectivity index (χ2n) is 1.90. The van der Waals surface area contributed by atoms with Crippen molar-refractivity contribution in [2.75, 3.05) is 20.8 Å². The highest BCUT2D eigenvalue weighted by molar-refractivity contribution is 7.82. The molecule has 0 unspecified atom stereocenters. The molecule has 0 radical (unpaired) electrons. The van der Waals surface area contributed by atoms with Crippen LogP contribution in [0.4, 0.5) is 0 Å². The van der Waals surface area contributed by atoms with E-state index in [2.05, 4.69) is 17.8 Å². The molecule has 0 atom stereocenters. The van der Waals surface area contributed by atoms with Gasteiger partial charge in [0.15, 0.2) is 0 Å². The van der Waals surface area contributed by atoms with Crippen molar-refractivity contribution < 1.29 is 26.3 Å². The van der Waals surface area contributed by atoms with Crippen LogP contribution in [-0.2, 0) is 28.2 Å². The second kappa shape index (κ2) is 2.68. The first-order valence-electron chi connectivity index (χ1n) is 2.74. The minimum Gasteiger partial charge on any atom is -0.376 e. The summed E-state index contributed by atoms with van der Waals surface area (Å²) in [4.78, 5) is 0. The second-order valence-corrected chi connectivity index (χ2v) is 3.04. The van der Waals surface area contributed by atoms with Gasteiger partial charge in [-0.2, -0.15) is 16.8 Å². The molecule has 1 aliphatic heterocycles. The van der Waals surface area contributed by atoms with E-state index < -0.39 is 16.4 Å². The van der Waals surface area contributed by atoms with Crippen LogP contribution in [0.2, 0.25) is 0 Å². The fraction of sp³-hybridized carbons (Fsp3) is 1.00. The highest BCUT2D eigenvalue weighted by Crippen LogP contribution is 2.31. The van der Waals surface area contributed by atoms with E-state index in [1.807, 2.05) is 0 Å². The number of hydrogen-bond donors (Lipinski definition) is 0. The molecule has 6 nitrogen and oxygen atoms in total. The lowest BCUT2D eigenvalue weighted by atomic mass is 10.6. The molecule has 1 aliphatic rings. The van der Waals surface area contributed by atoms with Crippen LogP contribution in [0, 0.1) is 0 Å². The van der Waals surface area contributed by atoms with Crippen molar-refractivity contribution in [1.29, 1.82) is 0 Å². The van der Waals surface area contributed by atoms with Crippen molar-refractivity contribution >= 4 is 10.4 Å². The number of ether oxygens (including phenoxy) is 2. The molecule has 1 fully saturated rings. The van der Waals surface area contributed by atoms with Crippen LogP contribution in [0.1, 0.15) is 0 Å². The molecule has 66 valence electrons. The lowest BCUT2D eigenvalue weighted by Gasteiger charge is -2.35. The van der Waals surface area contributed by atoms with Gasteiger partial charge in [-0.05, 0) is 0 Å². The predicted molar refractivity (Wildman–Crippen MR) is 32.7 cm³/mol. The minimum atomic E-state index is -3.83. The summed E-state index contributed by atoms with van der Waals surface area (Å²) in [6.45, 7) is -0.0945. The average Bonchev–Trinajstić information content (AvgIpc) is 1.84. The first-order chi connectivity index (χ1) is 5.04. The summed E-state index contributed by atoms with van der Waals surface area (Å²) >= 11 is 0. The lowest BCUT2D eigenvalue weighted by Crippen LogP contribution is -2.54. The van der Waals surface area contributed by atoms with Crippen molar-refractivity contribution in [3.05, 3.63) is 0 Å². The summed E-state index contributed by atoms with van der Waals surface area (Å²) in [6, 6.07) is 0. The van der Waals surface area contributed by atoms with Gasteiger partial charge >= 0.3 is 16.4 Å². The normalized spacial score (nSPS) is 26.0. The van der Waals surface area contributed by atoms with Crippen LogP contribution >= 0.6 is 0 Å². The van der Waals surface area contributed by atoms with Crippen LogP contribution in [-0.4, -0.2) is 35.2 Å². The number of hydrogen-bond acceptors (Lipinski definition) is 6. The zero-order chi connectivity index (χ0) is 8.54. The monoisotopic (exact) mass is 184 g/mol. The third-order valence-electron chi connectivity index (χ3n) is 1.09. The Morgan fingerprint density at radius 1 is 1.36 bits per heavy atom. The molecular formula is C4H8O6S. The largest absolute Gasteiger partial charge is 0.409 e. The fourth-order valence-electron chi connectivity index (χ4n) is 0.669. The highest BCUT2D eigenvalue weighted by Gasteiger charge is 2.53. The van der Waals surface area contributed by atoms with E-state index in [1.165, 1.54) is 14.2 Å². The van der Waals surface area contributed by atoms with Gasteiger partial charge in [-0.15, -0.1) is 0 Å². The Morgan fingerprint density at radius 3 is 2.18 bits per heavy atom. The third-order valence-corrected chi connectivity index (χ3v) is 2.01. The molecule has 1 heterocycles. The maximum atomic E-state index is 10.4. The lowest BCUT2D eigenvalue weighted by molar-refractivity contribution is -0.354. The number of rotatable bonds is 3. The van der Waals surface area contributed by atoms with Gasteiger partial charge in [-0.25, -0.2) is 0 Å². The Hall–Kier alpha value is -0.210. The molecular weight excluding hydrogens is 176 g/mol. The smallest absolute Gasteiger partial charge is 0.376 e. The van der Waals surface area contributed by atoms with Crippen molar-refractivity contribution in [1.82, 2.24) is 0 Å². The summed E-state index contributed by atoms with van der Waals surface area (Å²) < 4.78 is 38.5. The minimum absolute atomic E-state index is 0.0945. The summed E-state index contributed by atoms with van der Waals surface area (Å²) in [5, 5.41) is 0. The summed E-state index contributed by atoms with van der Waals surface area (Å²) in [7, 11) is -1.20. The van der Waals surface area contributed by atoms with Crippen molar-refractivity contribution in [3.8, 4) is 0 Å². The molecule has 0 amide bonds. The SMILES string of the molecule is COCC1(OC)OS(=O)(=O)O1. The van der Waals surface area contributed by atoms with Crippen molar-refractivity contribution in [2.45, 2.75) is 5.97 Å². The van der Waals surface area contributed by atoms with E-state index in [0.717, 1.165) is 0 Å². The molecule has 1 rings (SSSR count). The Bertz CT molecular complexity index is 219. The first-order valence-corrected chi connectivity index (χ1v) is 4.07. The van der Waals surface area contributed by atoms with Gasteiger partial charge in [0.05, 0.1) is 0 Å². The molecule has 1 saturated heterocycles. The molecule has 0 bridgehead atoms. The molecule has 11 heavy (non-hydrogen) atoms. The van der Waals surface area contributed by atoms with E-state index in [4.69, 9.17) is 0 Å². The molecule has 7 heteroatoms. The Balaban J connectivity index is 2.56. The molecule has 0 aliphatic carbocycles. The fourth-order valence-corrected chi connectivity index (χ4v) is 1.54. The average molecular weight is 184 g/mol. The first kappa shape index (κ1) is 8.88. The molecule has 0 N–H and O–H groups in total. The molecule has 0 saturated carbocycles. The van der Waals surface area contributed by atoms with Gasteiger partial charge in [0.1, 0.15) is 6.61 Å². The Morgan fingerprint density at radius 2 is 1.91 bits per heavy atom. The quantitative estimate of drug-likeness (QED) is 0.573. The maximum absolute atomic E-state index is 10.4. The molecule has 0 aromatic rings. The zero-order valence-corrected chi connectivity index (χ0v) is 6.88. The van der Waals surface area contributed by atoms with Crippen LogP contribution in [0.15, 0.2) is 0 Å². The van der Waals surface area contributed by atoms with Gasteiger partial charge in [0.2, 0.25) is 0 Å². The Labute approximate surface area is 64.3 Å². The van der Waals surface area contributed by atoms with Crippen molar-refractivity contribution in [2.24, 2.45) is 0 Å². The van der Waals surface area contributed by atoms with E-state index in [-0.39, 0.29) is 6.61 Å². The molecule has 0 spiro atoms. The van der Waals surface area contributed by atoms with Gasteiger partial charge in [-0.3, -0.25) is 0 Å². The molecule has 0 aromatic heterocycles. The van der Waals surface area contributed by atoms with E-state index in [9.17, 15) is 8.42 Å². The summed E-state index contributed by atoms with van der Waals surface area (Å²) in [5.41, 5.74) is 0. The van der Waals surface area contributed by atoms with Crippen LogP contribution in [0.25, 0.3) is 0 Å². The molecule has 0 aromatic carbocycles. The third kappa shape index (κ3) is 1.68. The highest BCUT2D eigenvalue weighted by atomic mass is 32.3. The Kier molecular flexibility index (Phi) is 2.17. The van der Waals surface area contributed by atoms with Gasteiger partial charge in [-0.1, -0.05) is 0 Å². The topological polar surface area (TPSA) is 71.1 Å². The number of methoxy groups -OCH3 is 2. The van der Waals surface area contributed by atoms with Crippen molar-refractivity contribution in [3.63, 3.8) is 0 Å². The summed E-state index contributed by atoms with van der Waals surface area (Å²) in [6.07, 6.45) is 0. The van der Waals surface area contributed by atoms with Gasteiger partial charge in [0.25, 0.3) is 0 Å². The van der Waals surface area contributed by atoms with Crippen LogP contribution in [0.3, 0.4) is 0 Å². The van der Waals surface area contributed by atoms with Gasteiger partial charge < -0.3 is 9.47 Å². The summed E-state index contributed by atoms with van der Waals surface area (Å²) in [5.74, 6) is -1.56. The van der Waals surface area contributed by atoms with E-state index >= 15 is 0 Å². The van der Waals surface area contributed by atoms with Crippen LogP contribution < -0.4 is 0 Å². The zero-order valence-electron chi connectivity index (χ0n) is 6.06. The predicted octanol–water partition coefficient (Wildman–Crippen LogP) is -0.775. The van der Waals surface area contributed by atoms with Crippen LogP contribution in [0.5, 0.6) is 0 Å². The van der Waals surface area contributed by atoms with E-state index in [0.29, 0.717) is 0 Å². The standard InChI is InChI=1S/C4H8O6S/c1-7-3-4(8-2)9-11(5,6)10-4/h3H2,1-2H3. The maximum Gasteiger partial charge on any atom is 0.409 e. The van der Waals surface area contributed by atoms with E-state index in [1.54, 1.807) is 0 Å². The van der Waals surface area contributed by atoms with Gasteiger partial charge in [0, 0.05) is 14.2 Å².